The largest absolute Gasteiger partial charge is 0.508 e. The highest BCUT2D eigenvalue weighted by Crippen LogP contribution is 2.54. The molecule has 156 valence electrons. The van der Waals surface area contributed by atoms with Gasteiger partial charge < -0.3 is 10.2 Å². The third kappa shape index (κ3) is 2.47. The number of hydrogen-bond acceptors (Lipinski definition) is 2. The van der Waals surface area contributed by atoms with Crippen LogP contribution in [0.2, 0.25) is 0 Å². The molecule has 2 N–H and O–H groups in total. The van der Waals surface area contributed by atoms with Gasteiger partial charge in [-0.05, 0) is 65.1 Å². The van der Waals surface area contributed by atoms with Gasteiger partial charge in [-0.1, -0.05) is 83.9 Å². The van der Waals surface area contributed by atoms with E-state index in [-0.39, 0.29) is 11.5 Å². The standard InChI is InChI=1S/C30H24O2/c1-18-9-13-26(31)24(15-18)30(25-16-19(2)10-14-27(25)32)17-22-7-3-5-20-11-12-21-6-4-8-23(30)29(21)28(20)22/h3-16,31-32H,17H2,1-2H3. The van der Waals surface area contributed by atoms with E-state index in [1.165, 1.54) is 27.1 Å². The summed E-state index contributed by atoms with van der Waals surface area (Å²) in [5.41, 5.74) is 5.46. The number of phenolic OH excluding ortho intramolecular Hbond substituents is 2. The molecule has 2 heteroatoms. The summed E-state index contributed by atoms with van der Waals surface area (Å²) >= 11 is 0. The van der Waals surface area contributed by atoms with Gasteiger partial charge in [0.25, 0.3) is 0 Å². The lowest BCUT2D eigenvalue weighted by Crippen LogP contribution is -2.34. The first-order chi connectivity index (χ1) is 15.5. The van der Waals surface area contributed by atoms with Crippen molar-refractivity contribution in [3.8, 4) is 11.5 Å². The highest BCUT2D eigenvalue weighted by molar-refractivity contribution is 6.13. The smallest absolute Gasteiger partial charge is 0.120 e. The molecule has 0 radical (unpaired) electrons. The minimum absolute atomic E-state index is 0.250. The van der Waals surface area contributed by atoms with Gasteiger partial charge >= 0.3 is 0 Å². The SMILES string of the molecule is Cc1ccc(O)c(C2(c3cc(C)ccc3O)Cc3cccc4ccc5cccc2c5c34)c1. The van der Waals surface area contributed by atoms with E-state index >= 15 is 0 Å². The fourth-order valence-corrected chi connectivity index (χ4v) is 5.72. The van der Waals surface area contributed by atoms with Crippen molar-refractivity contribution in [1.82, 2.24) is 0 Å². The van der Waals surface area contributed by atoms with Crippen LogP contribution in [0.25, 0.3) is 21.5 Å². The molecule has 0 fully saturated rings. The highest BCUT2D eigenvalue weighted by Gasteiger charge is 2.44. The number of hydrogen-bond donors (Lipinski definition) is 2. The van der Waals surface area contributed by atoms with Gasteiger partial charge in [-0.3, -0.25) is 0 Å². The fraction of sp³-hybridized carbons (Fsp3) is 0.133. The first-order valence-electron chi connectivity index (χ1n) is 11.0. The van der Waals surface area contributed by atoms with Gasteiger partial charge in [-0.15, -0.1) is 0 Å². The van der Waals surface area contributed by atoms with E-state index in [1.807, 2.05) is 26.0 Å². The van der Waals surface area contributed by atoms with Crippen LogP contribution in [0.15, 0.2) is 84.9 Å². The van der Waals surface area contributed by atoms with E-state index in [0.29, 0.717) is 6.42 Å². The third-order valence-corrected chi connectivity index (χ3v) is 7.11. The van der Waals surface area contributed by atoms with E-state index in [2.05, 4.69) is 60.7 Å². The van der Waals surface area contributed by atoms with E-state index in [9.17, 15) is 10.2 Å². The van der Waals surface area contributed by atoms with Gasteiger partial charge in [0.05, 0.1) is 5.41 Å². The summed E-state index contributed by atoms with van der Waals surface area (Å²) < 4.78 is 0. The Kier molecular flexibility index (Phi) is 3.91. The van der Waals surface area contributed by atoms with Crippen molar-refractivity contribution in [2.24, 2.45) is 0 Å². The maximum absolute atomic E-state index is 11.2. The molecule has 0 heterocycles. The normalized spacial score (nSPS) is 14.3. The summed E-state index contributed by atoms with van der Waals surface area (Å²) in [7, 11) is 0. The van der Waals surface area contributed by atoms with E-state index in [1.54, 1.807) is 12.1 Å². The molecule has 0 saturated carbocycles. The Balaban J connectivity index is 1.87. The molecule has 0 unspecified atom stereocenters. The van der Waals surface area contributed by atoms with E-state index in [0.717, 1.165) is 27.8 Å². The monoisotopic (exact) mass is 416 g/mol. The van der Waals surface area contributed by atoms with Crippen molar-refractivity contribution in [3.63, 3.8) is 0 Å². The Morgan fingerprint density at radius 1 is 0.594 bits per heavy atom. The predicted octanol–water partition coefficient (Wildman–Crippen LogP) is 6.91. The van der Waals surface area contributed by atoms with Crippen LogP contribution in [0.5, 0.6) is 11.5 Å². The van der Waals surface area contributed by atoms with Gasteiger partial charge in [0.2, 0.25) is 0 Å². The molecular weight excluding hydrogens is 392 g/mol. The fourth-order valence-electron chi connectivity index (χ4n) is 5.72. The van der Waals surface area contributed by atoms with Crippen molar-refractivity contribution < 1.29 is 10.2 Å². The molecule has 0 aromatic heterocycles. The molecule has 32 heavy (non-hydrogen) atoms. The minimum Gasteiger partial charge on any atom is -0.508 e. The molecule has 2 nitrogen and oxygen atoms in total. The lowest BCUT2D eigenvalue weighted by molar-refractivity contribution is 0.433. The summed E-state index contributed by atoms with van der Waals surface area (Å²) in [6, 6.07) is 28.8. The van der Waals surface area contributed by atoms with Gasteiger partial charge in [0.15, 0.2) is 0 Å². The molecule has 1 aliphatic rings. The Morgan fingerprint density at radius 2 is 1.16 bits per heavy atom. The average Bonchev–Trinajstić information content (AvgIpc) is 2.80. The second-order valence-electron chi connectivity index (χ2n) is 9.11. The summed E-state index contributed by atoms with van der Waals surface area (Å²) in [5, 5.41) is 27.2. The molecule has 5 aromatic carbocycles. The second-order valence-corrected chi connectivity index (χ2v) is 9.11. The van der Waals surface area contributed by atoms with E-state index in [4.69, 9.17) is 0 Å². The number of rotatable bonds is 2. The number of aryl methyl sites for hydroxylation is 2. The van der Waals surface area contributed by atoms with E-state index < -0.39 is 5.41 Å². The van der Waals surface area contributed by atoms with Crippen LogP contribution < -0.4 is 0 Å². The van der Waals surface area contributed by atoms with Crippen LogP contribution >= 0.6 is 0 Å². The van der Waals surface area contributed by atoms with Gasteiger partial charge in [-0.25, -0.2) is 0 Å². The van der Waals surface area contributed by atoms with Gasteiger partial charge in [0, 0.05) is 11.1 Å². The van der Waals surface area contributed by atoms with Gasteiger partial charge in [0.1, 0.15) is 11.5 Å². The molecule has 1 aliphatic carbocycles. The van der Waals surface area contributed by atoms with Gasteiger partial charge in [-0.2, -0.15) is 0 Å². The molecule has 0 amide bonds. The number of phenols is 2. The molecule has 0 aliphatic heterocycles. The van der Waals surface area contributed by atoms with Crippen LogP contribution in [0, 0.1) is 13.8 Å². The Bertz CT molecular complexity index is 1490. The first kappa shape index (κ1) is 18.9. The van der Waals surface area contributed by atoms with Crippen molar-refractivity contribution in [2.45, 2.75) is 25.7 Å². The molecular formula is C30H24O2. The quantitative estimate of drug-likeness (QED) is 0.307. The molecule has 0 bridgehead atoms. The Labute approximate surface area is 187 Å². The van der Waals surface area contributed by atoms with Crippen molar-refractivity contribution in [2.75, 3.05) is 0 Å². The summed E-state index contributed by atoms with van der Waals surface area (Å²) in [5.74, 6) is 0.500. The van der Waals surface area contributed by atoms with Crippen LogP contribution in [0.3, 0.4) is 0 Å². The number of benzene rings is 5. The summed E-state index contributed by atoms with van der Waals surface area (Å²) in [6.45, 7) is 4.09. The molecule has 0 atom stereocenters. The Hall–Kier alpha value is -3.78. The van der Waals surface area contributed by atoms with Crippen LogP contribution in [-0.2, 0) is 11.8 Å². The highest BCUT2D eigenvalue weighted by atomic mass is 16.3. The Morgan fingerprint density at radius 3 is 1.78 bits per heavy atom. The van der Waals surface area contributed by atoms with Crippen molar-refractivity contribution in [1.29, 1.82) is 0 Å². The van der Waals surface area contributed by atoms with Crippen LogP contribution in [0.1, 0.15) is 33.4 Å². The van der Waals surface area contributed by atoms with Crippen molar-refractivity contribution in [3.05, 3.63) is 118 Å². The summed E-state index contributed by atoms with van der Waals surface area (Å²) in [6.07, 6.45) is 0.661. The van der Waals surface area contributed by atoms with Crippen LogP contribution in [-0.4, -0.2) is 10.2 Å². The maximum Gasteiger partial charge on any atom is 0.120 e. The zero-order valence-electron chi connectivity index (χ0n) is 18.2. The number of aromatic hydroxyl groups is 2. The molecule has 0 spiro atoms. The van der Waals surface area contributed by atoms with Crippen molar-refractivity contribution >= 4 is 21.5 Å². The summed E-state index contributed by atoms with van der Waals surface area (Å²) in [4.78, 5) is 0. The first-order valence-corrected chi connectivity index (χ1v) is 11.0. The van der Waals surface area contributed by atoms with Crippen LogP contribution in [0.4, 0.5) is 0 Å². The molecule has 6 rings (SSSR count). The molecule has 0 saturated heterocycles. The molecule has 5 aromatic rings. The zero-order valence-corrected chi connectivity index (χ0v) is 18.2. The average molecular weight is 417 g/mol. The zero-order chi connectivity index (χ0) is 22.0. The third-order valence-electron chi connectivity index (χ3n) is 7.11. The lowest BCUT2D eigenvalue weighted by atomic mass is 9.61. The predicted molar refractivity (Wildman–Crippen MR) is 131 cm³/mol. The minimum atomic E-state index is -0.714. The topological polar surface area (TPSA) is 40.5 Å². The second kappa shape index (κ2) is 6.61. The maximum atomic E-state index is 11.2. The lowest BCUT2D eigenvalue weighted by Gasteiger charge is -2.41.